The normalized spacial score (nSPS) is 11.5. The number of carbonyl (C=O) groups excluding carboxylic acids is 1. The van der Waals surface area contributed by atoms with E-state index in [0.717, 1.165) is 12.1 Å². The summed E-state index contributed by atoms with van der Waals surface area (Å²) < 4.78 is 67.3. The van der Waals surface area contributed by atoms with Gasteiger partial charge < -0.3 is 37.4 Å². The van der Waals surface area contributed by atoms with Gasteiger partial charge in [-0.1, -0.05) is 0 Å². The highest BCUT2D eigenvalue weighted by atomic mass is 19.1. The molecule has 292 valence electrons. The van der Waals surface area contributed by atoms with Gasteiger partial charge in [-0.2, -0.15) is 0 Å². The average molecular weight is 770 g/mol. The summed E-state index contributed by atoms with van der Waals surface area (Å²) in [5.41, 5.74) is 0.587. The molecule has 0 bridgehead atoms. The Bertz CT molecular complexity index is 2230. The summed E-state index contributed by atoms with van der Waals surface area (Å²) in [5, 5.41) is 0.358. The third kappa shape index (κ3) is 10.8. The molecule has 1 amide bonds. The van der Waals surface area contributed by atoms with Crippen LogP contribution in [0.1, 0.15) is 20.8 Å². The van der Waals surface area contributed by atoms with Crippen molar-refractivity contribution in [2.45, 2.75) is 26.4 Å². The minimum atomic E-state index is -0.679. The Hall–Kier alpha value is -6.05. The van der Waals surface area contributed by atoms with Crippen LogP contribution in [0, 0.1) is 11.6 Å². The monoisotopic (exact) mass is 769 g/mol. The van der Waals surface area contributed by atoms with E-state index in [1.54, 1.807) is 69.3 Å². The first-order valence-corrected chi connectivity index (χ1v) is 18.0. The molecule has 6 aromatic rings. The summed E-state index contributed by atoms with van der Waals surface area (Å²) >= 11 is 0. The van der Waals surface area contributed by atoms with E-state index in [2.05, 4.69) is 0 Å². The molecule has 0 radical (unpaired) electrons. The molecule has 0 N–H and O–H groups in total. The molecule has 4 aromatic carbocycles. The van der Waals surface area contributed by atoms with E-state index in [-0.39, 0.29) is 74.4 Å². The Morgan fingerprint density at radius 1 is 0.589 bits per heavy atom. The predicted molar refractivity (Wildman–Crippen MR) is 206 cm³/mol. The zero-order valence-corrected chi connectivity index (χ0v) is 31.2. The molecule has 0 fully saturated rings. The van der Waals surface area contributed by atoms with Crippen molar-refractivity contribution < 1.29 is 46.1 Å². The number of fused-ring (bicyclic) bond motifs is 2. The molecule has 56 heavy (non-hydrogen) atoms. The summed E-state index contributed by atoms with van der Waals surface area (Å²) in [5.74, 6) is 0.887. The maximum Gasteiger partial charge on any atom is 0.410 e. The number of amides is 1. The van der Waals surface area contributed by atoms with Crippen molar-refractivity contribution in [3.63, 3.8) is 0 Å². The van der Waals surface area contributed by atoms with Crippen molar-refractivity contribution in [3.8, 4) is 34.1 Å². The van der Waals surface area contributed by atoms with Gasteiger partial charge in [0, 0.05) is 36.3 Å². The Labute approximate surface area is 320 Å². The van der Waals surface area contributed by atoms with Crippen molar-refractivity contribution in [1.29, 1.82) is 0 Å². The van der Waals surface area contributed by atoms with Crippen molar-refractivity contribution >= 4 is 28.0 Å². The second kappa shape index (κ2) is 18.1. The molecule has 0 saturated carbocycles. The third-order valence-corrected chi connectivity index (χ3v) is 8.31. The lowest BCUT2D eigenvalue weighted by molar-refractivity contribution is 0.00694. The first kappa shape index (κ1) is 39.6. The molecule has 0 aliphatic heterocycles. The number of halogens is 2. The molecule has 0 spiro atoms. The lowest BCUT2D eigenvalue weighted by Crippen LogP contribution is -2.40. The average Bonchev–Trinajstić information content (AvgIpc) is 3.17. The number of hydrogen-bond donors (Lipinski definition) is 0. The summed E-state index contributed by atoms with van der Waals surface area (Å²) in [7, 11) is 0. The van der Waals surface area contributed by atoms with E-state index in [9.17, 15) is 23.2 Å². The van der Waals surface area contributed by atoms with E-state index in [4.69, 9.17) is 32.5 Å². The second-order valence-electron chi connectivity index (χ2n) is 13.7. The van der Waals surface area contributed by atoms with Crippen LogP contribution in [0.25, 0.3) is 44.6 Å². The summed E-state index contributed by atoms with van der Waals surface area (Å²) in [6.07, 6.45) is -0.485. The zero-order chi connectivity index (χ0) is 39.7. The van der Waals surface area contributed by atoms with Crippen LogP contribution in [0.2, 0.25) is 0 Å². The molecule has 2 aromatic heterocycles. The van der Waals surface area contributed by atoms with Crippen LogP contribution in [-0.2, 0) is 14.2 Å². The molecular weight excluding hydrogens is 728 g/mol. The summed E-state index contributed by atoms with van der Waals surface area (Å²) in [4.78, 5) is 39.3. The number of carbonyl (C=O) groups is 1. The van der Waals surface area contributed by atoms with Crippen LogP contribution in [0.4, 0.5) is 13.6 Å². The standard InChI is InChI=1S/C43H41F2NO10/c1-43(2,3)56-42(49)46(16-18-50-20-22-52-32-10-4-28(5-11-32)40-26-36(47)34-24-30(44)8-14-38(34)54-40)17-19-51-21-23-53-33-12-6-29(7-13-33)41-27-37(48)35-25-31(45)9-15-39(35)55-41/h4-15,24-27H,16-23H2,1-3H3. The maximum absolute atomic E-state index is 13.5. The van der Waals surface area contributed by atoms with Crippen LogP contribution < -0.4 is 20.3 Å². The van der Waals surface area contributed by atoms with Gasteiger partial charge in [0.05, 0.1) is 37.2 Å². The van der Waals surface area contributed by atoms with Gasteiger partial charge in [-0.3, -0.25) is 9.59 Å². The molecule has 6 rings (SSSR count). The van der Waals surface area contributed by atoms with Gasteiger partial charge in [0.1, 0.15) is 64.6 Å². The van der Waals surface area contributed by atoms with Gasteiger partial charge in [0.2, 0.25) is 0 Å². The smallest absolute Gasteiger partial charge is 0.410 e. The van der Waals surface area contributed by atoms with Crippen molar-refractivity contribution in [2.75, 3.05) is 52.7 Å². The minimum absolute atomic E-state index is 0.179. The van der Waals surface area contributed by atoms with Crippen LogP contribution in [0.15, 0.2) is 115 Å². The van der Waals surface area contributed by atoms with Crippen LogP contribution >= 0.6 is 0 Å². The topological polar surface area (TPSA) is 127 Å². The molecule has 13 heteroatoms. The fourth-order valence-electron chi connectivity index (χ4n) is 5.58. The van der Waals surface area contributed by atoms with Crippen molar-refractivity contribution in [2.24, 2.45) is 0 Å². The number of benzene rings is 4. The van der Waals surface area contributed by atoms with Gasteiger partial charge >= 0.3 is 6.09 Å². The zero-order valence-electron chi connectivity index (χ0n) is 31.2. The molecule has 0 atom stereocenters. The van der Waals surface area contributed by atoms with E-state index in [1.807, 2.05) is 0 Å². The lowest BCUT2D eigenvalue weighted by atomic mass is 10.1. The molecule has 0 aliphatic carbocycles. The highest BCUT2D eigenvalue weighted by Gasteiger charge is 2.22. The molecule has 2 heterocycles. The Morgan fingerprint density at radius 2 is 1.02 bits per heavy atom. The predicted octanol–water partition coefficient (Wildman–Crippen LogP) is 8.24. The SMILES string of the molecule is CC(C)(C)OC(=O)N(CCOCCOc1ccc(-c2cc(=O)c3cc(F)ccc3o2)cc1)CCOCCOc1ccc(-c2cc(=O)c3cc(F)ccc3o2)cc1. The molecule has 0 saturated heterocycles. The maximum atomic E-state index is 13.5. The molecule has 0 aliphatic rings. The number of nitrogens with zero attached hydrogens (tertiary/aromatic N) is 1. The molecule has 0 unspecified atom stereocenters. The van der Waals surface area contributed by atoms with Crippen molar-refractivity contribution in [1.82, 2.24) is 4.90 Å². The van der Waals surface area contributed by atoms with Gasteiger partial charge in [0.15, 0.2) is 10.9 Å². The van der Waals surface area contributed by atoms with Crippen molar-refractivity contribution in [3.05, 3.63) is 129 Å². The van der Waals surface area contributed by atoms with Crippen LogP contribution in [0.5, 0.6) is 11.5 Å². The first-order valence-electron chi connectivity index (χ1n) is 18.0. The van der Waals surface area contributed by atoms with E-state index in [0.29, 0.717) is 45.3 Å². The summed E-state index contributed by atoms with van der Waals surface area (Å²) in [6.45, 7) is 7.48. The molecule has 11 nitrogen and oxygen atoms in total. The Morgan fingerprint density at radius 3 is 1.43 bits per heavy atom. The van der Waals surface area contributed by atoms with E-state index >= 15 is 0 Å². The Kier molecular flexibility index (Phi) is 12.8. The van der Waals surface area contributed by atoms with Gasteiger partial charge in [-0.05, 0) is 106 Å². The number of ether oxygens (including phenoxy) is 5. The largest absolute Gasteiger partial charge is 0.491 e. The summed E-state index contributed by atoms with van der Waals surface area (Å²) in [6, 6.07) is 24.3. The minimum Gasteiger partial charge on any atom is -0.491 e. The number of rotatable bonds is 16. The quantitative estimate of drug-likeness (QED) is 0.0889. The lowest BCUT2D eigenvalue weighted by Gasteiger charge is -2.27. The van der Waals surface area contributed by atoms with E-state index in [1.165, 1.54) is 41.3 Å². The fraction of sp³-hybridized carbons (Fsp3) is 0.279. The highest BCUT2D eigenvalue weighted by Crippen LogP contribution is 2.26. The molecular formula is C43H41F2NO10. The van der Waals surface area contributed by atoms with E-state index < -0.39 is 23.3 Å². The number of hydrogen-bond acceptors (Lipinski definition) is 10. The van der Waals surface area contributed by atoms with Gasteiger partial charge in [-0.25, -0.2) is 13.6 Å². The Balaban J connectivity index is 0.902. The fourth-order valence-corrected chi connectivity index (χ4v) is 5.58. The van der Waals surface area contributed by atoms with Gasteiger partial charge in [-0.15, -0.1) is 0 Å². The highest BCUT2D eigenvalue weighted by molar-refractivity contribution is 5.79. The third-order valence-electron chi connectivity index (χ3n) is 8.31. The van der Waals surface area contributed by atoms with Crippen LogP contribution in [0.3, 0.4) is 0 Å². The first-order chi connectivity index (χ1) is 26.9. The second-order valence-corrected chi connectivity index (χ2v) is 13.7. The van der Waals surface area contributed by atoms with Gasteiger partial charge in [0.25, 0.3) is 0 Å². The van der Waals surface area contributed by atoms with Crippen LogP contribution in [-0.4, -0.2) is 69.3 Å².